The van der Waals surface area contributed by atoms with Gasteiger partial charge in [0.1, 0.15) is 18.8 Å². The van der Waals surface area contributed by atoms with Gasteiger partial charge in [-0.25, -0.2) is 15.0 Å². The summed E-state index contributed by atoms with van der Waals surface area (Å²) < 4.78 is 46.7. The molecule has 36 heavy (non-hydrogen) atoms. The number of likely N-dealkylation sites (tertiary alicyclic amines) is 1. The highest BCUT2D eigenvalue weighted by atomic mass is 19.4. The Hall–Kier alpha value is -4.33. The van der Waals surface area contributed by atoms with Gasteiger partial charge in [-0.2, -0.15) is 0 Å². The zero-order valence-electron chi connectivity index (χ0n) is 19.3. The summed E-state index contributed by atoms with van der Waals surface area (Å²) in [4.78, 5) is 26.3. The van der Waals surface area contributed by atoms with Crippen molar-refractivity contribution in [1.82, 2.24) is 14.9 Å². The monoisotopic (exact) mass is 499 g/mol. The molecule has 1 N–H and O–H groups in total. The molecule has 1 aliphatic rings. The molecule has 1 aliphatic heterocycles. The molecule has 1 aromatic heterocycles. The smallest absolute Gasteiger partial charge is 0.477 e. The van der Waals surface area contributed by atoms with Crippen molar-refractivity contribution in [3.8, 4) is 23.3 Å². The Morgan fingerprint density at radius 2 is 2.03 bits per heavy atom. The number of nitrogens with one attached hydrogen (secondary N) is 1. The summed E-state index contributed by atoms with van der Waals surface area (Å²) in [6, 6.07) is 5.46. The third-order valence-corrected chi connectivity index (χ3v) is 5.03. The number of aromatic nitrogens is 2. The van der Waals surface area contributed by atoms with E-state index in [2.05, 4.69) is 50.0 Å². The number of rotatable bonds is 9. The standard InChI is InChI=1S/C25H24F3N5O3/c1-3-19-23(31-17-32-24(19)30-15-18-11-13-33(16-18)22(34)4-2)29-12-7-8-14-35-20-9-5-6-10-21(20)36-25(26,27)28/h3-6,9-10,15,17-18H,1-2,11-14,16H2,(H,29,31,32). The topological polar surface area (TPSA) is 88.9 Å². The molecular formula is C25H24F3N5O3. The Balaban J connectivity index is 1.55. The van der Waals surface area contributed by atoms with Crippen LogP contribution in [0.3, 0.4) is 0 Å². The van der Waals surface area contributed by atoms with Gasteiger partial charge in [0.2, 0.25) is 5.91 Å². The molecule has 0 aliphatic carbocycles. The quantitative estimate of drug-likeness (QED) is 0.315. The molecule has 0 bridgehead atoms. The van der Waals surface area contributed by atoms with Crippen LogP contribution < -0.4 is 14.8 Å². The van der Waals surface area contributed by atoms with E-state index >= 15 is 0 Å². The predicted octanol–water partition coefficient (Wildman–Crippen LogP) is 4.25. The number of ether oxygens (including phenoxy) is 2. The third-order valence-electron chi connectivity index (χ3n) is 5.03. The number of para-hydroxylation sites is 2. The normalized spacial score (nSPS) is 15.2. The van der Waals surface area contributed by atoms with E-state index < -0.39 is 12.1 Å². The van der Waals surface area contributed by atoms with Crippen LogP contribution in [0, 0.1) is 17.8 Å². The van der Waals surface area contributed by atoms with Crippen molar-refractivity contribution in [3.05, 3.63) is 55.4 Å². The average molecular weight is 499 g/mol. The second kappa shape index (κ2) is 12.4. The molecular weight excluding hydrogens is 475 g/mol. The van der Waals surface area contributed by atoms with Crippen LogP contribution in [0.2, 0.25) is 0 Å². The number of carbonyl (C=O) groups is 1. The zero-order valence-corrected chi connectivity index (χ0v) is 19.3. The van der Waals surface area contributed by atoms with E-state index in [9.17, 15) is 18.0 Å². The van der Waals surface area contributed by atoms with E-state index in [1.165, 1.54) is 30.6 Å². The van der Waals surface area contributed by atoms with Gasteiger partial charge in [-0.1, -0.05) is 43.2 Å². The molecule has 0 spiro atoms. The Labute approximate surface area is 206 Å². The maximum atomic E-state index is 12.5. The van der Waals surface area contributed by atoms with E-state index in [4.69, 9.17) is 4.74 Å². The zero-order chi connectivity index (χ0) is 26.0. The van der Waals surface area contributed by atoms with Gasteiger partial charge in [0, 0.05) is 25.2 Å². The van der Waals surface area contributed by atoms with Crippen LogP contribution in [-0.2, 0) is 4.79 Å². The van der Waals surface area contributed by atoms with E-state index in [0.717, 1.165) is 12.5 Å². The van der Waals surface area contributed by atoms with Crippen molar-refractivity contribution in [3.63, 3.8) is 0 Å². The first-order chi connectivity index (χ1) is 17.3. The summed E-state index contributed by atoms with van der Waals surface area (Å²) in [5.74, 6) is 5.93. The van der Waals surface area contributed by atoms with Gasteiger partial charge in [-0.15, -0.1) is 13.2 Å². The number of hydrogen-bond donors (Lipinski definition) is 1. The number of anilines is 1. The molecule has 1 unspecified atom stereocenters. The molecule has 1 amide bonds. The highest BCUT2D eigenvalue weighted by Gasteiger charge is 2.32. The maximum Gasteiger partial charge on any atom is 0.573 e. The van der Waals surface area contributed by atoms with Crippen LogP contribution in [0.1, 0.15) is 12.0 Å². The van der Waals surface area contributed by atoms with Crippen molar-refractivity contribution in [2.75, 3.05) is 31.6 Å². The van der Waals surface area contributed by atoms with Gasteiger partial charge >= 0.3 is 6.36 Å². The van der Waals surface area contributed by atoms with Gasteiger partial charge in [0.15, 0.2) is 17.3 Å². The Morgan fingerprint density at radius 3 is 2.75 bits per heavy atom. The largest absolute Gasteiger partial charge is 0.573 e. The first-order valence-electron chi connectivity index (χ1n) is 10.9. The second-order valence-corrected chi connectivity index (χ2v) is 7.47. The molecule has 1 atom stereocenters. The van der Waals surface area contributed by atoms with E-state index in [0.29, 0.717) is 30.3 Å². The number of benzene rings is 1. The first-order valence-corrected chi connectivity index (χ1v) is 10.9. The minimum absolute atomic E-state index is 0.0661. The number of nitrogens with zero attached hydrogens (tertiary/aromatic N) is 4. The Bertz CT molecular complexity index is 1190. The van der Waals surface area contributed by atoms with E-state index in [1.54, 1.807) is 17.2 Å². The summed E-state index contributed by atoms with van der Waals surface area (Å²) in [7, 11) is 0. The Kier molecular flexibility index (Phi) is 9.05. The lowest BCUT2D eigenvalue weighted by Gasteiger charge is -2.12. The Morgan fingerprint density at radius 1 is 1.25 bits per heavy atom. The molecule has 0 radical (unpaired) electrons. The summed E-state index contributed by atoms with van der Waals surface area (Å²) >= 11 is 0. The highest BCUT2D eigenvalue weighted by Crippen LogP contribution is 2.31. The van der Waals surface area contributed by atoms with Crippen LogP contribution >= 0.6 is 0 Å². The van der Waals surface area contributed by atoms with Crippen LogP contribution in [0.4, 0.5) is 24.8 Å². The lowest BCUT2D eigenvalue weighted by Crippen LogP contribution is -2.26. The number of alkyl halides is 3. The van der Waals surface area contributed by atoms with Gasteiger partial charge in [-0.3, -0.25) is 4.79 Å². The minimum Gasteiger partial charge on any atom is -0.477 e. The summed E-state index contributed by atoms with van der Waals surface area (Å²) in [5, 5.41) is 3.04. The fourth-order valence-corrected chi connectivity index (χ4v) is 3.37. The number of aliphatic imine (C=N–C) groups is 1. The van der Waals surface area contributed by atoms with Crippen molar-refractivity contribution >= 4 is 29.8 Å². The van der Waals surface area contributed by atoms with Crippen molar-refractivity contribution < 1.29 is 27.4 Å². The molecule has 8 nitrogen and oxygen atoms in total. The van der Waals surface area contributed by atoms with Crippen LogP contribution in [0.15, 0.2) is 54.8 Å². The number of amides is 1. The van der Waals surface area contributed by atoms with Crippen LogP contribution in [0.25, 0.3) is 6.08 Å². The first kappa shape index (κ1) is 26.3. The highest BCUT2D eigenvalue weighted by molar-refractivity contribution is 5.87. The summed E-state index contributed by atoms with van der Waals surface area (Å²) in [5.41, 5.74) is 0.585. The molecule has 1 saturated heterocycles. The SMILES string of the molecule is C=CC(=O)N1CCC(C=Nc2ncnc(NCC#CCOc3ccccc3OC(F)(F)F)c2C=C)C1. The number of halogens is 3. The molecule has 2 aromatic rings. The molecule has 11 heteroatoms. The molecule has 1 fully saturated rings. The van der Waals surface area contributed by atoms with Crippen molar-refractivity contribution in [2.45, 2.75) is 12.8 Å². The molecule has 1 aromatic carbocycles. The van der Waals surface area contributed by atoms with E-state index in [1.807, 2.05) is 0 Å². The fraction of sp³-hybridized carbons (Fsp3) is 0.280. The van der Waals surface area contributed by atoms with Crippen LogP contribution in [-0.4, -0.2) is 59.6 Å². The maximum absolute atomic E-state index is 12.5. The lowest BCUT2D eigenvalue weighted by atomic mass is 10.1. The number of carbonyl (C=O) groups excluding carboxylic acids is 1. The molecule has 0 saturated carbocycles. The second-order valence-electron chi connectivity index (χ2n) is 7.47. The average Bonchev–Trinajstić information content (AvgIpc) is 3.33. The minimum atomic E-state index is -4.82. The molecule has 3 rings (SSSR count). The lowest BCUT2D eigenvalue weighted by molar-refractivity contribution is -0.275. The van der Waals surface area contributed by atoms with Crippen molar-refractivity contribution in [2.24, 2.45) is 10.9 Å². The summed E-state index contributed by atoms with van der Waals surface area (Å²) in [6.45, 7) is 8.57. The van der Waals surface area contributed by atoms with Crippen LogP contribution in [0.5, 0.6) is 11.5 Å². The van der Waals surface area contributed by atoms with Gasteiger partial charge in [0.05, 0.1) is 12.1 Å². The fourth-order valence-electron chi connectivity index (χ4n) is 3.37. The molecule has 188 valence electrons. The van der Waals surface area contributed by atoms with E-state index in [-0.39, 0.29) is 30.7 Å². The summed E-state index contributed by atoms with van der Waals surface area (Å²) in [6.07, 6.45) is 1.98. The van der Waals surface area contributed by atoms with Gasteiger partial charge in [0.25, 0.3) is 0 Å². The number of hydrogen-bond acceptors (Lipinski definition) is 7. The molecule has 2 heterocycles. The third kappa shape index (κ3) is 7.59. The van der Waals surface area contributed by atoms with Gasteiger partial charge in [-0.05, 0) is 24.6 Å². The van der Waals surface area contributed by atoms with Crippen molar-refractivity contribution in [1.29, 1.82) is 0 Å². The predicted molar refractivity (Wildman–Crippen MR) is 130 cm³/mol. The van der Waals surface area contributed by atoms with Gasteiger partial charge < -0.3 is 19.7 Å².